The monoisotopic (exact) mass is 410 g/mol. The fourth-order valence-corrected chi connectivity index (χ4v) is 4.86. The Morgan fingerprint density at radius 3 is 1.38 bits per heavy atom. The average Bonchev–Trinajstić information content (AvgIpc) is 2.19. The molecule has 0 radical (unpaired) electrons. The zero-order valence-corrected chi connectivity index (χ0v) is 14.0. The summed E-state index contributed by atoms with van der Waals surface area (Å²) in [5.74, 6) is -4.94. The first-order chi connectivity index (χ1) is 10.3. The lowest BCUT2D eigenvalue weighted by Gasteiger charge is -2.34. The third kappa shape index (κ3) is 6.04. The highest BCUT2D eigenvalue weighted by Gasteiger charge is 2.60. The maximum absolute atomic E-state index is 13.0. The first-order valence-corrected chi connectivity index (χ1v) is 9.41. The molecule has 0 fully saturated rings. The van der Waals surface area contributed by atoms with Crippen molar-refractivity contribution < 1.29 is 52.3 Å². The van der Waals surface area contributed by atoms with Crippen molar-refractivity contribution in [2.45, 2.75) is 49.5 Å². The Kier molecular flexibility index (Phi) is 7.15. The second kappa shape index (κ2) is 7.33. The van der Waals surface area contributed by atoms with Gasteiger partial charge >= 0.3 is 12.4 Å². The smallest absolute Gasteiger partial charge is 0.285 e. The lowest BCUT2D eigenvalue weighted by molar-refractivity contribution is -0.163. The Labute approximate surface area is 134 Å². The van der Waals surface area contributed by atoms with Gasteiger partial charge in [0.1, 0.15) is 0 Å². The Morgan fingerprint density at radius 1 is 0.833 bits per heavy atom. The number of rotatable bonds is 7. The fourth-order valence-electron chi connectivity index (χ4n) is 2.62. The molecule has 0 aliphatic rings. The molecule has 0 aromatic heterocycles. The zero-order valence-electron chi connectivity index (χ0n) is 12.3. The molecule has 24 heavy (non-hydrogen) atoms. The molecule has 0 heterocycles. The molecule has 0 aromatic carbocycles. The van der Waals surface area contributed by atoms with E-state index in [1.165, 1.54) is 6.92 Å². The minimum absolute atomic E-state index is 0.229. The van der Waals surface area contributed by atoms with Crippen molar-refractivity contribution in [2.24, 2.45) is 11.8 Å². The molecule has 0 bridgehead atoms. The fraction of sp³-hybridized carbons (Fsp3) is 1.00. The average molecular weight is 410 g/mol. The molecule has 2 N–H and O–H groups in total. The van der Waals surface area contributed by atoms with Gasteiger partial charge in [-0.05, 0) is 18.3 Å². The molecule has 6 nitrogen and oxygen atoms in total. The van der Waals surface area contributed by atoms with Crippen molar-refractivity contribution >= 4 is 20.2 Å². The van der Waals surface area contributed by atoms with E-state index in [1.54, 1.807) is 0 Å². The van der Waals surface area contributed by atoms with Gasteiger partial charge in [0.2, 0.25) is 0 Å². The van der Waals surface area contributed by atoms with Gasteiger partial charge in [-0.15, -0.1) is 0 Å². The van der Waals surface area contributed by atoms with Crippen LogP contribution in [0.1, 0.15) is 26.7 Å². The van der Waals surface area contributed by atoms with Gasteiger partial charge in [-0.1, -0.05) is 20.3 Å². The molecule has 0 rings (SSSR count). The van der Waals surface area contributed by atoms with Crippen LogP contribution in [0.2, 0.25) is 0 Å². The summed E-state index contributed by atoms with van der Waals surface area (Å²) < 4.78 is 139. The number of hydrogen-bond acceptors (Lipinski definition) is 4. The molecule has 0 aliphatic carbocycles. The quantitative estimate of drug-likeness (QED) is 0.493. The largest absolute Gasteiger partial charge is 0.408 e. The maximum Gasteiger partial charge on any atom is 0.408 e. The SMILES string of the molecule is CCCC(C(C)C(C(F)(F)F)S(=O)(=O)O)C(C(F)(F)F)S(=O)(=O)O. The molecule has 0 saturated heterocycles. The summed E-state index contributed by atoms with van der Waals surface area (Å²) in [6.07, 6.45) is -12.3. The third-order valence-electron chi connectivity index (χ3n) is 3.45. The minimum atomic E-state index is -5.88. The van der Waals surface area contributed by atoms with Crippen LogP contribution in [0, 0.1) is 11.8 Å². The summed E-state index contributed by atoms with van der Waals surface area (Å²) >= 11 is 0. The number of halogens is 6. The van der Waals surface area contributed by atoms with E-state index < -0.39 is 61.3 Å². The highest BCUT2D eigenvalue weighted by atomic mass is 32.2. The summed E-state index contributed by atoms with van der Waals surface area (Å²) in [5.41, 5.74) is 0. The van der Waals surface area contributed by atoms with Crippen molar-refractivity contribution in [3.8, 4) is 0 Å². The second-order valence-electron chi connectivity index (χ2n) is 5.27. The van der Waals surface area contributed by atoms with Crippen molar-refractivity contribution in [2.75, 3.05) is 0 Å². The summed E-state index contributed by atoms with van der Waals surface area (Å²) in [6.45, 7) is 1.66. The Morgan fingerprint density at radius 2 is 1.17 bits per heavy atom. The predicted molar refractivity (Wildman–Crippen MR) is 70.3 cm³/mol. The van der Waals surface area contributed by atoms with Crippen LogP contribution >= 0.6 is 0 Å². The first-order valence-electron chi connectivity index (χ1n) is 6.41. The molecule has 0 amide bonds. The van der Waals surface area contributed by atoms with Crippen molar-refractivity contribution in [3.63, 3.8) is 0 Å². The first kappa shape index (κ1) is 23.4. The minimum Gasteiger partial charge on any atom is -0.285 e. The van der Waals surface area contributed by atoms with Crippen molar-refractivity contribution in [1.29, 1.82) is 0 Å². The lowest BCUT2D eigenvalue weighted by Crippen LogP contribution is -2.51. The second-order valence-corrected chi connectivity index (χ2v) is 8.34. The highest BCUT2D eigenvalue weighted by molar-refractivity contribution is 7.86. The Hall–Kier alpha value is -0.600. The molecule has 4 atom stereocenters. The molecule has 4 unspecified atom stereocenters. The topological polar surface area (TPSA) is 109 Å². The molecule has 0 spiro atoms. The standard InChI is InChI=1S/C10H16F6O6S2/c1-3-4-6(8(10(14,15)16)24(20,21)22)5(2)7(9(11,12)13)23(17,18)19/h5-8H,3-4H2,1-2H3,(H,17,18,19)(H,20,21,22). The number of hydrogen-bond donors (Lipinski definition) is 2. The van der Waals surface area contributed by atoms with E-state index in [-0.39, 0.29) is 6.42 Å². The van der Waals surface area contributed by atoms with Gasteiger partial charge in [0.25, 0.3) is 20.2 Å². The van der Waals surface area contributed by atoms with E-state index in [0.29, 0.717) is 6.92 Å². The number of alkyl halides is 6. The van der Waals surface area contributed by atoms with Gasteiger partial charge in [-0.2, -0.15) is 43.2 Å². The Balaban J connectivity index is 6.31. The molecule has 0 aliphatic heterocycles. The van der Waals surface area contributed by atoms with Crippen LogP contribution < -0.4 is 0 Å². The van der Waals surface area contributed by atoms with E-state index in [1.807, 2.05) is 0 Å². The third-order valence-corrected chi connectivity index (χ3v) is 6.05. The summed E-state index contributed by atoms with van der Waals surface area (Å²) in [4.78, 5) is 0. The maximum atomic E-state index is 13.0. The van der Waals surface area contributed by atoms with Gasteiger partial charge in [0.15, 0.2) is 10.5 Å². The lowest BCUT2D eigenvalue weighted by atomic mass is 9.84. The normalized spacial score (nSPS) is 19.6. The molecule has 14 heteroatoms. The van der Waals surface area contributed by atoms with Gasteiger partial charge in [0.05, 0.1) is 0 Å². The van der Waals surface area contributed by atoms with Crippen LogP contribution in [-0.4, -0.2) is 48.8 Å². The molecule has 0 aromatic rings. The van der Waals surface area contributed by atoms with E-state index >= 15 is 0 Å². The van der Waals surface area contributed by atoms with Crippen molar-refractivity contribution in [3.05, 3.63) is 0 Å². The zero-order chi connectivity index (χ0) is 19.7. The molecule has 146 valence electrons. The van der Waals surface area contributed by atoms with E-state index in [0.717, 1.165) is 0 Å². The van der Waals surface area contributed by atoms with Gasteiger partial charge in [0, 0.05) is 0 Å². The summed E-state index contributed by atoms with van der Waals surface area (Å²) in [6, 6.07) is 0. The van der Waals surface area contributed by atoms with Gasteiger partial charge in [-0.3, -0.25) is 9.11 Å². The van der Waals surface area contributed by atoms with E-state index in [9.17, 15) is 43.2 Å². The van der Waals surface area contributed by atoms with E-state index in [4.69, 9.17) is 9.11 Å². The predicted octanol–water partition coefficient (Wildman–Crippen LogP) is 2.68. The summed E-state index contributed by atoms with van der Waals surface area (Å²) in [7, 11) is -11.8. The van der Waals surface area contributed by atoms with Crippen LogP contribution in [0.3, 0.4) is 0 Å². The molecule has 0 saturated carbocycles. The Bertz CT molecular complexity index is 623. The van der Waals surface area contributed by atoms with Crippen LogP contribution in [0.15, 0.2) is 0 Å². The molecular weight excluding hydrogens is 394 g/mol. The highest BCUT2D eigenvalue weighted by Crippen LogP contribution is 2.42. The van der Waals surface area contributed by atoms with E-state index in [2.05, 4.69) is 0 Å². The van der Waals surface area contributed by atoms with Crippen LogP contribution in [0.5, 0.6) is 0 Å². The summed E-state index contributed by atoms with van der Waals surface area (Å²) in [5, 5.41) is -7.25. The van der Waals surface area contributed by atoms with Crippen LogP contribution in [-0.2, 0) is 20.2 Å². The van der Waals surface area contributed by atoms with Crippen LogP contribution in [0.4, 0.5) is 26.3 Å². The molecular formula is C10H16F6O6S2. The van der Waals surface area contributed by atoms with Gasteiger partial charge in [-0.25, -0.2) is 0 Å². The van der Waals surface area contributed by atoms with Crippen LogP contribution in [0.25, 0.3) is 0 Å². The van der Waals surface area contributed by atoms with Crippen molar-refractivity contribution in [1.82, 2.24) is 0 Å². The van der Waals surface area contributed by atoms with Gasteiger partial charge < -0.3 is 0 Å².